The summed E-state index contributed by atoms with van der Waals surface area (Å²) >= 11 is 0. The van der Waals surface area contributed by atoms with Gasteiger partial charge in [0.15, 0.2) is 0 Å². The van der Waals surface area contributed by atoms with Gasteiger partial charge in [0.1, 0.15) is 5.75 Å². The minimum absolute atomic E-state index is 0.0457. The number of nitrogens with one attached hydrogen (secondary N) is 1. The lowest BCUT2D eigenvalue weighted by Crippen LogP contribution is -2.45. The summed E-state index contributed by atoms with van der Waals surface area (Å²) in [7, 11) is 0. The number of hydrogen-bond donors (Lipinski definition) is 1. The lowest BCUT2D eigenvalue weighted by molar-refractivity contribution is -0.275. The Kier molecular flexibility index (Phi) is 4.88. The molecule has 1 atom stereocenters. The highest BCUT2D eigenvalue weighted by atomic mass is 19.4. The van der Waals surface area contributed by atoms with Crippen LogP contribution in [0.1, 0.15) is 24.9 Å². The van der Waals surface area contributed by atoms with Crippen LogP contribution in [0, 0.1) is 0 Å². The largest absolute Gasteiger partial charge is 0.573 e. The van der Waals surface area contributed by atoms with Crippen LogP contribution < -0.4 is 10.1 Å². The molecule has 0 bridgehead atoms. The molecule has 1 N–H and O–H groups in total. The van der Waals surface area contributed by atoms with E-state index in [1.54, 1.807) is 18.2 Å². The second kappa shape index (κ2) is 6.45. The van der Waals surface area contributed by atoms with Gasteiger partial charge in [-0.1, -0.05) is 25.1 Å². The van der Waals surface area contributed by atoms with E-state index < -0.39 is 6.36 Å². The molecule has 20 heavy (non-hydrogen) atoms. The maximum Gasteiger partial charge on any atom is 0.573 e. The van der Waals surface area contributed by atoms with Gasteiger partial charge >= 0.3 is 6.36 Å². The van der Waals surface area contributed by atoms with Crippen LogP contribution in [0.5, 0.6) is 5.75 Å². The molecule has 0 spiro atoms. The summed E-state index contributed by atoms with van der Waals surface area (Å²) in [5.41, 5.74) is 0.606. The van der Waals surface area contributed by atoms with E-state index in [0.29, 0.717) is 5.56 Å². The molecule has 0 saturated carbocycles. The molecular weight excluding hydrogens is 269 g/mol. The lowest BCUT2D eigenvalue weighted by Gasteiger charge is -2.35. The molecule has 1 aliphatic rings. The highest BCUT2D eigenvalue weighted by molar-refractivity contribution is 5.36. The van der Waals surface area contributed by atoms with Crippen molar-refractivity contribution in [3.05, 3.63) is 29.8 Å². The molecule has 2 rings (SSSR count). The van der Waals surface area contributed by atoms with Crippen LogP contribution in [0.2, 0.25) is 0 Å². The number of ether oxygens (including phenoxy) is 1. The minimum Gasteiger partial charge on any atom is -0.405 e. The maximum absolute atomic E-state index is 12.5. The second-order valence-corrected chi connectivity index (χ2v) is 4.80. The van der Waals surface area contributed by atoms with Crippen molar-refractivity contribution in [1.29, 1.82) is 0 Å². The van der Waals surface area contributed by atoms with Gasteiger partial charge in [0.25, 0.3) is 0 Å². The smallest absolute Gasteiger partial charge is 0.405 e. The van der Waals surface area contributed by atoms with E-state index in [4.69, 9.17) is 0 Å². The zero-order valence-electron chi connectivity index (χ0n) is 11.4. The van der Waals surface area contributed by atoms with E-state index in [1.807, 2.05) is 6.92 Å². The molecule has 0 unspecified atom stereocenters. The maximum atomic E-state index is 12.5. The van der Waals surface area contributed by atoms with Crippen molar-refractivity contribution in [1.82, 2.24) is 10.2 Å². The highest BCUT2D eigenvalue weighted by Gasteiger charge is 2.33. The summed E-state index contributed by atoms with van der Waals surface area (Å²) in [6.45, 7) is 5.37. The first-order valence-corrected chi connectivity index (χ1v) is 6.80. The summed E-state index contributed by atoms with van der Waals surface area (Å²) in [6, 6.07) is 6.37. The Morgan fingerprint density at radius 3 is 2.50 bits per heavy atom. The van der Waals surface area contributed by atoms with E-state index in [1.165, 1.54) is 6.07 Å². The van der Waals surface area contributed by atoms with Crippen molar-refractivity contribution < 1.29 is 17.9 Å². The topological polar surface area (TPSA) is 24.5 Å². The van der Waals surface area contributed by atoms with Crippen LogP contribution in [-0.2, 0) is 0 Å². The number of hydrogen-bond acceptors (Lipinski definition) is 3. The third-order valence-corrected chi connectivity index (χ3v) is 3.48. The van der Waals surface area contributed by atoms with Crippen molar-refractivity contribution in [2.45, 2.75) is 25.7 Å². The van der Waals surface area contributed by atoms with Crippen molar-refractivity contribution in [2.24, 2.45) is 0 Å². The van der Waals surface area contributed by atoms with E-state index in [-0.39, 0.29) is 11.8 Å². The molecule has 0 amide bonds. The Labute approximate surface area is 116 Å². The third-order valence-electron chi connectivity index (χ3n) is 3.48. The molecule has 1 fully saturated rings. The summed E-state index contributed by atoms with van der Waals surface area (Å²) in [4.78, 5) is 2.20. The van der Waals surface area contributed by atoms with Crippen LogP contribution in [0.25, 0.3) is 0 Å². The first-order valence-electron chi connectivity index (χ1n) is 6.80. The molecule has 0 aliphatic carbocycles. The van der Waals surface area contributed by atoms with Crippen molar-refractivity contribution in [3.63, 3.8) is 0 Å². The molecule has 0 radical (unpaired) electrons. The number of para-hydroxylation sites is 1. The molecule has 1 heterocycles. The summed E-state index contributed by atoms with van der Waals surface area (Å²) in [5.74, 6) is -0.0922. The minimum atomic E-state index is -4.65. The van der Waals surface area contributed by atoms with Gasteiger partial charge in [0.2, 0.25) is 0 Å². The van der Waals surface area contributed by atoms with Gasteiger partial charge in [-0.15, -0.1) is 13.2 Å². The SMILES string of the molecule is CC[C@@H](c1ccccc1OC(F)(F)F)N1CCNCC1. The van der Waals surface area contributed by atoms with Crippen LogP contribution in [0.15, 0.2) is 24.3 Å². The van der Waals surface area contributed by atoms with Crippen molar-refractivity contribution >= 4 is 0 Å². The predicted molar refractivity (Wildman–Crippen MR) is 70.6 cm³/mol. The predicted octanol–water partition coefficient (Wildman–Crippen LogP) is 2.94. The fourth-order valence-electron chi connectivity index (χ4n) is 2.64. The van der Waals surface area contributed by atoms with Gasteiger partial charge < -0.3 is 10.1 Å². The summed E-state index contributed by atoms with van der Waals surface area (Å²) < 4.78 is 41.6. The molecule has 0 aromatic heterocycles. The Balaban J connectivity index is 2.24. The van der Waals surface area contributed by atoms with Gasteiger partial charge in [-0.05, 0) is 12.5 Å². The Bertz CT molecular complexity index is 431. The van der Waals surface area contributed by atoms with E-state index >= 15 is 0 Å². The van der Waals surface area contributed by atoms with Crippen LogP contribution in [-0.4, -0.2) is 37.4 Å². The van der Waals surface area contributed by atoms with E-state index in [0.717, 1.165) is 32.6 Å². The number of benzene rings is 1. The molecular formula is C14H19F3N2O. The Morgan fingerprint density at radius 1 is 1.25 bits per heavy atom. The number of halogens is 3. The Hall–Kier alpha value is -1.27. The molecule has 1 saturated heterocycles. The standard InChI is InChI=1S/C14H19F3N2O/c1-2-12(19-9-7-18-8-10-19)11-5-3-4-6-13(11)20-14(15,16)17/h3-6,12,18H,2,7-10H2,1H3/t12-/m0/s1. The van der Waals surface area contributed by atoms with Crippen molar-refractivity contribution in [3.8, 4) is 5.75 Å². The van der Waals surface area contributed by atoms with Gasteiger partial charge in [0.05, 0.1) is 0 Å². The molecule has 112 valence electrons. The van der Waals surface area contributed by atoms with Crippen molar-refractivity contribution in [2.75, 3.05) is 26.2 Å². The van der Waals surface area contributed by atoms with Crippen LogP contribution in [0.3, 0.4) is 0 Å². The van der Waals surface area contributed by atoms with Crippen LogP contribution >= 0.6 is 0 Å². The zero-order valence-corrected chi connectivity index (χ0v) is 11.4. The monoisotopic (exact) mass is 288 g/mol. The van der Waals surface area contributed by atoms with E-state index in [9.17, 15) is 13.2 Å². The number of alkyl halides is 3. The fraction of sp³-hybridized carbons (Fsp3) is 0.571. The number of rotatable bonds is 4. The van der Waals surface area contributed by atoms with Gasteiger partial charge in [-0.2, -0.15) is 0 Å². The first kappa shape index (κ1) is 15.1. The average Bonchev–Trinajstić information content (AvgIpc) is 2.41. The highest BCUT2D eigenvalue weighted by Crippen LogP contribution is 2.34. The fourth-order valence-corrected chi connectivity index (χ4v) is 2.64. The molecule has 1 aliphatic heterocycles. The van der Waals surface area contributed by atoms with Gasteiger partial charge in [0, 0.05) is 37.8 Å². The molecule has 1 aromatic rings. The zero-order chi connectivity index (χ0) is 14.6. The lowest BCUT2D eigenvalue weighted by atomic mass is 10.0. The molecule has 6 heteroatoms. The van der Waals surface area contributed by atoms with Crippen LogP contribution in [0.4, 0.5) is 13.2 Å². The molecule has 3 nitrogen and oxygen atoms in total. The molecule has 1 aromatic carbocycles. The van der Waals surface area contributed by atoms with Gasteiger partial charge in [-0.25, -0.2) is 0 Å². The number of nitrogens with zero attached hydrogens (tertiary/aromatic N) is 1. The summed E-state index contributed by atoms with van der Waals surface area (Å²) in [5, 5.41) is 3.25. The average molecular weight is 288 g/mol. The number of piperazine rings is 1. The Morgan fingerprint density at radius 2 is 1.90 bits per heavy atom. The first-order chi connectivity index (χ1) is 9.51. The second-order valence-electron chi connectivity index (χ2n) is 4.80. The third kappa shape index (κ3) is 3.86. The van der Waals surface area contributed by atoms with E-state index in [2.05, 4.69) is 15.0 Å². The van der Waals surface area contributed by atoms with Gasteiger partial charge in [-0.3, -0.25) is 4.90 Å². The summed E-state index contributed by atoms with van der Waals surface area (Å²) in [6.07, 6.45) is -3.91. The quantitative estimate of drug-likeness (QED) is 0.922. The normalized spacial score (nSPS) is 18.8.